The van der Waals surface area contributed by atoms with E-state index in [1.807, 2.05) is 59.6 Å². The fourth-order valence-corrected chi connectivity index (χ4v) is 5.54. The van der Waals surface area contributed by atoms with Crippen molar-refractivity contribution in [2.45, 2.75) is 24.8 Å². The Kier molecular flexibility index (Phi) is 6.16. The van der Waals surface area contributed by atoms with Crippen LogP contribution in [0.15, 0.2) is 103 Å². The number of ether oxygens (including phenoxy) is 1. The van der Waals surface area contributed by atoms with Crippen LogP contribution >= 0.6 is 0 Å². The molecule has 6 heteroatoms. The summed E-state index contributed by atoms with van der Waals surface area (Å²) in [5, 5.41) is 5.51. The van der Waals surface area contributed by atoms with Crippen LogP contribution < -0.4 is 4.74 Å². The number of carbonyl (C=O) groups is 1. The van der Waals surface area contributed by atoms with Crippen molar-refractivity contribution in [3.63, 3.8) is 0 Å². The molecule has 1 fully saturated rings. The maximum Gasteiger partial charge on any atom is 0.233 e. The van der Waals surface area contributed by atoms with Gasteiger partial charge in [0.05, 0.1) is 29.9 Å². The van der Waals surface area contributed by atoms with E-state index in [1.54, 1.807) is 23.9 Å². The van der Waals surface area contributed by atoms with E-state index < -0.39 is 5.41 Å². The zero-order chi connectivity index (χ0) is 26.1. The number of carbonyl (C=O) groups excluding carboxylic acids is 1. The van der Waals surface area contributed by atoms with Crippen molar-refractivity contribution in [2.75, 3.05) is 13.7 Å². The molecule has 1 unspecified atom stereocenters. The third-order valence-electron chi connectivity index (χ3n) is 7.58. The minimum atomic E-state index is -0.667. The molecule has 0 bridgehead atoms. The van der Waals surface area contributed by atoms with Gasteiger partial charge in [0.2, 0.25) is 5.91 Å². The van der Waals surface area contributed by atoms with Crippen LogP contribution in [0, 0.1) is 5.82 Å². The lowest BCUT2D eigenvalue weighted by atomic mass is 9.74. The molecule has 4 aromatic carbocycles. The minimum Gasteiger partial charge on any atom is -0.497 e. The maximum atomic E-state index is 14.2. The number of fused-ring (bicyclic) bond motifs is 1. The van der Waals surface area contributed by atoms with Crippen LogP contribution in [-0.4, -0.2) is 34.2 Å². The van der Waals surface area contributed by atoms with Crippen LogP contribution in [0.5, 0.6) is 5.75 Å². The molecule has 1 aliphatic heterocycles. The SMILES string of the molecule is COc1ccc(CN2CCC(Cc3ccccc3)(c3ccc4c(cnn4-c4ccc(F)cc4)c3)C2=O)cc1. The first-order valence-corrected chi connectivity index (χ1v) is 12.8. The fraction of sp³-hybridized carbons (Fsp3) is 0.188. The fourth-order valence-electron chi connectivity index (χ4n) is 5.54. The standard InChI is InChI=1S/C32H28FN3O2/c1-38-29-14-7-24(8-15-29)22-35-18-17-32(31(35)37,20-23-5-3-2-4-6-23)26-9-16-30-25(19-26)21-34-36(30)28-12-10-27(33)11-13-28/h2-16,19,21H,17-18,20,22H2,1H3. The van der Waals surface area contributed by atoms with E-state index in [9.17, 15) is 9.18 Å². The van der Waals surface area contributed by atoms with Gasteiger partial charge in [-0.3, -0.25) is 4.79 Å². The van der Waals surface area contributed by atoms with Crippen LogP contribution in [0.25, 0.3) is 16.6 Å². The monoisotopic (exact) mass is 505 g/mol. The number of nitrogens with zero attached hydrogens (tertiary/aromatic N) is 3. The summed E-state index contributed by atoms with van der Waals surface area (Å²) in [5.41, 5.74) is 4.24. The molecule has 2 heterocycles. The molecule has 1 saturated heterocycles. The van der Waals surface area contributed by atoms with Crippen molar-refractivity contribution in [3.8, 4) is 11.4 Å². The third kappa shape index (κ3) is 4.32. The Morgan fingerprint density at radius 2 is 1.68 bits per heavy atom. The first-order valence-electron chi connectivity index (χ1n) is 12.8. The highest BCUT2D eigenvalue weighted by molar-refractivity contribution is 5.92. The Bertz CT molecular complexity index is 1580. The van der Waals surface area contributed by atoms with Gasteiger partial charge in [-0.2, -0.15) is 5.10 Å². The molecule has 6 rings (SSSR count). The van der Waals surface area contributed by atoms with Gasteiger partial charge in [-0.05, 0) is 78.1 Å². The number of benzene rings is 4. The van der Waals surface area contributed by atoms with Crippen molar-refractivity contribution in [1.29, 1.82) is 0 Å². The van der Waals surface area contributed by atoms with Crippen molar-refractivity contribution in [1.82, 2.24) is 14.7 Å². The molecule has 1 atom stereocenters. The lowest BCUT2D eigenvalue weighted by molar-refractivity contribution is -0.133. The van der Waals surface area contributed by atoms with Gasteiger partial charge in [-0.15, -0.1) is 0 Å². The van der Waals surface area contributed by atoms with Gasteiger partial charge in [-0.25, -0.2) is 9.07 Å². The number of hydrogen-bond donors (Lipinski definition) is 0. The lowest BCUT2D eigenvalue weighted by Gasteiger charge is -2.29. The smallest absolute Gasteiger partial charge is 0.233 e. The van der Waals surface area contributed by atoms with Gasteiger partial charge >= 0.3 is 0 Å². The summed E-state index contributed by atoms with van der Waals surface area (Å²) >= 11 is 0. The molecule has 1 aromatic heterocycles. The zero-order valence-electron chi connectivity index (χ0n) is 21.2. The highest BCUT2D eigenvalue weighted by atomic mass is 19.1. The maximum absolute atomic E-state index is 14.2. The van der Waals surface area contributed by atoms with E-state index in [-0.39, 0.29) is 11.7 Å². The normalized spacial score (nSPS) is 17.3. The molecule has 0 aliphatic carbocycles. The number of rotatable bonds is 7. The molecule has 5 aromatic rings. The zero-order valence-corrected chi connectivity index (χ0v) is 21.2. The summed E-state index contributed by atoms with van der Waals surface area (Å²) < 4.78 is 20.5. The Morgan fingerprint density at radius 1 is 0.921 bits per heavy atom. The number of hydrogen-bond acceptors (Lipinski definition) is 3. The molecule has 1 aliphatic rings. The lowest BCUT2D eigenvalue weighted by Crippen LogP contribution is -2.39. The van der Waals surface area contributed by atoms with Crippen LogP contribution in [0.2, 0.25) is 0 Å². The first-order chi connectivity index (χ1) is 18.6. The van der Waals surface area contributed by atoms with Crippen molar-refractivity contribution in [3.05, 3.63) is 126 Å². The number of amides is 1. The molecule has 0 N–H and O–H groups in total. The van der Waals surface area contributed by atoms with E-state index in [2.05, 4.69) is 29.4 Å². The number of methoxy groups -OCH3 is 1. The van der Waals surface area contributed by atoms with Crippen LogP contribution in [0.3, 0.4) is 0 Å². The molecule has 0 spiro atoms. The molecule has 1 amide bonds. The predicted octanol–water partition coefficient (Wildman–Crippen LogP) is 6.09. The van der Waals surface area contributed by atoms with Gasteiger partial charge in [0, 0.05) is 18.5 Å². The number of likely N-dealkylation sites (tertiary alicyclic amines) is 1. The second kappa shape index (κ2) is 9.78. The molecular formula is C32H28FN3O2. The predicted molar refractivity (Wildman–Crippen MR) is 146 cm³/mol. The van der Waals surface area contributed by atoms with Crippen molar-refractivity contribution < 1.29 is 13.9 Å². The topological polar surface area (TPSA) is 47.4 Å². The molecular weight excluding hydrogens is 477 g/mol. The number of halogens is 1. The quantitative estimate of drug-likeness (QED) is 0.269. The van der Waals surface area contributed by atoms with E-state index in [0.29, 0.717) is 19.5 Å². The summed E-state index contributed by atoms with van der Waals surface area (Å²) in [6.07, 6.45) is 3.17. The molecule has 0 radical (unpaired) electrons. The Labute approximate surface area is 221 Å². The van der Waals surface area contributed by atoms with E-state index in [1.165, 1.54) is 12.1 Å². The average Bonchev–Trinajstić information content (AvgIpc) is 3.51. The minimum absolute atomic E-state index is 0.141. The van der Waals surface area contributed by atoms with E-state index >= 15 is 0 Å². The molecule has 5 nitrogen and oxygen atoms in total. The van der Waals surface area contributed by atoms with E-state index in [4.69, 9.17) is 4.74 Å². The average molecular weight is 506 g/mol. The largest absolute Gasteiger partial charge is 0.497 e. The van der Waals surface area contributed by atoms with Crippen LogP contribution in [0.1, 0.15) is 23.1 Å². The molecule has 38 heavy (non-hydrogen) atoms. The number of aromatic nitrogens is 2. The van der Waals surface area contributed by atoms with Gasteiger partial charge in [0.1, 0.15) is 11.6 Å². The summed E-state index contributed by atoms with van der Waals surface area (Å²) in [4.78, 5) is 16.2. The van der Waals surface area contributed by atoms with Gasteiger partial charge in [-0.1, -0.05) is 48.5 Å². The Morgan fingerprint density at radius 3 is 2.42 bits per heavy atom. The molecule has 190 valence electrons. The summed E-state index contributed by atoms with van der Waals surface area (Å²) in [6.45, 7) is 1.24. The van der Waals surface area contributed by atoms with Gasteiger partial charge in [0.15, 0.2) is 0 Å². The van der Waals surface area contributed by atoms with Crippen molar-refractivity contribution >= 4 is 16.8 Å². The summed E-state index contributed by atoms with van der Waals surface area (Å²) in [6, 6.07) is 30.6. The highest BCUT2D eigenvalue weighted by Crippen LogP contribution is 2.41. The Hall–Kier alpha value is -4.45. The summed E-state index contributed by atoms with van der Waals surface area (Å²) in [5.74, 6) is 0.658. The second-order valence-electron chi connectivity index (χ2n) is 9.88. The second-order valence-corrected chi connectivity index (χ2v) is 9.88. The summed E-state index contributed by atoms with van der Waals surface area (Å²) in [7, 11) is 1.65. The van der Waals surface area contributed by atoms with Crippen LogP contribution in [0.4, 0.5) is 4.39 Å². The van der Waals surface area contributed by atoms with Crippen LogP contribution in [-0.2, 0) is 23.2 Å². The third-order valence-corrected chi connectivity index (χ3v) is 7.58. The highest BCUT2D eigenvalue weighted by Gasteiger charge is 2.48. The molecule has 0 saturated carbocycles. The Balaban J connectivity index is 1.37. The van der Waals surface area contributed by atoms with E-state index in [0.717, 1.165) is 45.5 Å². The van der Waals surface area contributed by atoms with Crippen molar-refractivity contribution in [2.24, 2.45) is 0 Å². The van der Waals surface area contributed by atoms with Gasteiger partial charge < -0.3 is 9.64 Å². The van der Waals surface area contributed by atoms with Gasteiger partial charge in [0.25, 0.3) is 0 Å². The first kappa shape index (κ1) is 23.9.